The highest BCUT2D eigenvalue weighted by Crippen LogP contribution is 2.40. The summed E-state index contributed by atoms with van der Waals surface area (Å²) in [5.74, 6) is -1.74. The lowest BCUT2D eigenvalue weighted by molar-refractivity contribution is -0.277. The van der Waals surface area contributed by atoms with Gasteiger partial charge in [-0.1, -0.05) is 0 Å². The van der Waals surface area contributed by atoms with Gasteiger partial charge in [0.2, 0.25) is 12.6 Å². The number of phenols is 1. The third-order valence-electron chi connectivity index (χ3n) is 7.30. The number of hydrogen-bond acceptors (Lipinski definition) is 17. The van der Waals surface area contributed by atoms with E-state index in [-0.39, 0.29) is 39.9 Å². The molecule has 9 N–H and O–H groups in total. The number of methoxy groups -OCH3 is 2. The molecular weight excluding hydrogens is 608 g/mol. The first-order valence-corrected chi connectivity index (χ1v) is 13.6. The van der Waals surface area contributed by atoms with Crippen molar-refractivity contribution in [3.63, 3.8) is 0 Å². The molecule has 0 amide bonds. The predicted molar refractivity (Wildman–Crippen MR) is 146 cm³/mol. The SMILES string of the molecule is COc1ccc(O[C@@H]2O[C@H](CO)[C@@H](O)[C@H](O)[C@H]2O)c(OC)c1C(=O)OCc1cc(O)ccc1O[C@@H]1O[C@H](CO)[C@@H](O)[C@H](O)[C@H]1O. The molecule has 250 valence electrons. The molecule has 2 aliphatic heterocycles. The number of phenolic OH excluding ortho intramolecular Hbond substituents is 1. The van der Waals surface area contributed by atoms with Crippen LogP contribution in [0.5, 0.6) is 28.7 Å². The lowest BCUT2D eigenvalue weighted by Gasteiger charge is -2.39. The minimum atomic E-state index is -1.75. The second-order valence-electron chi connectivity index (χ2n) is 10.2. The van der Waals surface area contributed by atoms with Gasteiger partial charge in [0.25, 0.3) is 0 Å². The van der Waals surface area contributed by atoms with Crippen molar-refractivity contribution in [2.24, 2.45) is 0 Å². The molecule has 0 unspecified atom stereocenters. The fourth-order valence-electron chi connectivity index (χ4n) is 4.79. The van der Waals surface area contributed by atoms with E-state index >= 15 is 0 Å². The second-order valence-corrected chi connectivity index (χ2v) is 10.2. The monoisotopic (exact) mass is 644 g/mol. The third kappa shape index (κ3) is 7.17. The number of aliphatic hydroxyl groups excluding tert-OH is 8. The van der Waals surface area contributed by atoms with Crippen molar-refractivity contribution < 1.29 is 83.9 Å². The van der Waals surface area contributed by atoms with Gasteiger partial charge in [0, 0.05) is 5.56 Å². The molecule has 2 saturated heterocycles. The maximum absolute atomic E-state index is 13.4. The zero-order valence-corrected chi connectivity index (χ0v) is 24.1. The van der Waals surface area contributed by atoms with E-state index < -0.39 is 87.2 Å². The smallest absolute Gasteiger partial charge is 0.346 e. The number of hydrogen-bond donors (Lipinski definition) is 9. The van der Waals surface area contributed by atoms with Gasteiger partial charge in [-0.25, -0.2) is 4.79 Å². The maximum Gasteiger partial charge on any atom is 0.346 e. The fourth-order valence-corrected chi connectivity index (χ4v) is 4.79. The molecule has 0 radical (unpaired) electrons. The van der Waals surface area contributed by atoms with Gasteiger partial charge in [0.1, 0.15) is 78.3 Å². The van der Waals surface area contributed by atoms with Gasteiger partial charge in [0.15, 0.2) is 11.5 Å². The molecule has 45 heavy (non-hydrogen) atoms. The van der Waals surface area contributed by atoms with E-state index in [0.717, 1.165) is 0 Å². The van der Waals surface area contributed by atoms with E-state index in [9.17, 15) is 50.8 Å². The van der Waals surface area contributed by atoms with Crippen molar-refractivity contribution in [1.29, 1.82) is 0 Å². The molecule has 0 saturated carbocycles. The minimum absolute atomic E-state index is 0.0216. The van der Waals surface area contributed by atoms with Gasteiger partial charge in [-0.3, -0.25) is 0 Å². The number of benzene rings is 2. The molecule has 0 bridgehead atoms. The van der Waals surface area contributed by atoms with Crippen LogP contribution >= 0.6 is 0 Å². The van der Waals surface area contributed by atoms with Gasteiger partial charge in [-0.15, -0.1) is 0 Å². The summed E-state index contributed by atoms with van der Waals surface area (Å²) in [6, 6.07) is 6.34. The van der Waals surface area contributed by atoms with Crippen LogP contribution in [0.1, 0.15) is 15.9 Å². The first kappa shape index (κ1) is 34.4. The van der Waals surface area contributed by atoms with E-state index in [2.05, 4.69) is 0 Å². The molecule has 10 atom stereocenters. The predicted octanol–water partition coefficient (Wildman–Crippen LogP) is -2.88. The van der Waals surface area contributed by atoms with Crippen LogP contribution in [0.25, 0.3) is 0 Å². The number of esters is 1. The van der Waals surface area contributed by atoms with E-state index in [1.807, 2.05) is 0 Å². The maximum atomic E-state index is 13.4. The molecule has 2 heterocycles. The molecule has 17 nitrogen and oxygen atoms in total. The van der Waals surface area contributed by atoms with Gasteiger partial charge in [0.05, 0.1) is 27.4 Å². The molecule has 2 aromatic rings. The first-order valence-electron chi connectivity index (χ1n) is 13.6. The molecule has 4 rings (SSSR count). The Kier molecular flexibility index (Phi) is 11.3. The number of carbonyl (C=O) groups excluding carboxylic acids is 1. The van der Waals surface area contributed by atoms with E-state index in [0.29, 0.717) is 0 Å². The topological polar surface area (TPSA) is 264 Å². The van der Waals surface area contributed by atoms with Crippen LogP contribution in [0.4, 0.5) is 0 Å². The summed E-state index contributed by atoms with van der Waals surface area (Å²) in [6.45, 7) is -1.92. The highest BCUT2D eigenvalue weighted by molar-refractivity contribution is 5.96. The lowest BCUT2D eigenvalue weighted by atomic mass is 9.99. The van der Waals surface area contributed by atoms with E-state index in [1.165, 1.54) is 44.6 Å². The van der Waals surface area contributed by atoms with Crippen molar-refractivity contribution in [3.8, 4) is 28.7 Å². The summed E-state index contributed by atoms with van der Waals surface area (Å²) in [6.07, 6.45) is -15.8. The number of aliphatic hydroxyl groups is 8. The number of carbonyl (C=O) groups is 1. The van der Waals surface area contributed by atoms with Crippen LogP contribution < -0.4 is 18.9 Å². The van der Waals surface area contributed by atoms with Crippen molar-refractivity contribution in [2.75, 3.05) is 27.4 Å². The van der Waals surface area contributed by atoms with Crippen LogP contribution in [0, 0.1) is 0 Å². The van der Waals surface area contributed by atoms with Crippen LogP contribution in [0.2, 0.25) is 0 Å². The summed E-state index contributed by atoms with van der Waals surface area (Å²) in [4.78, 5) is 13.4. The lowest BCUT2D eigenvalue weighted by Crippen LogP contribution is -2.60. The van der Waals surface area contributed by atoms with Crippen molar-refractivity contribution in [2.45, 2.75) is 68.0 Å². The van der Waals surface area contributed by atoms with Crippen LogP contribution in [0.15, 0.2) is 30.3 Å². The first-order chi connectivity index (χ1) is 21.4. The summed E-state index contributed by atoms with van der Waals surface area (Å²) in [7, 11) is 2.47. The van der Waals surface area contributed by atoms with Gasteiger partial charge >= 0.3 is 5.97 Å². The van der Waals surface area contributed by atoms with Gasteiger partial charge in [-0.2, -0.15) is 0 Å². The number of rotatable bonds is 11. The second kappa shape index (κ2) is 14.7. The molecule has 0 aromatic heterocycles. The highest BCUT2D eigenvalue weighted by atomic mass is 16.7. The molecule has 2 aliphatic rings. The Morgan fingerprint density at radius 1 is 0.711 bits per heavy atom. The van der Waals surface area contributed by atoms with E-state index in [4.69, 9.17) is 33.2 Å². The Morgan fingerprint density at radius 2 is 1.22 bits per heavy atom. The van der Waals surface area contributed by atoms with Crippen LogP contribution in [0.3, 0.4) is 0 Å². The Hall–Kier alpha value is -3.49. The number of aromatic hydroxyl groups is 1. The average Bonchev–Trinajstić information content (AvgIpc) is 3.04. The largest absolute Gasteiger partial charge is 0.508 e. The standard InChI is InChI=1S/C28H36O17/c1-39-14-5-6-15(43-28-24(37)22(35)20(33)17(9-30)45-28)25(40-2)18(14)26(38)41-10-11-7-12(31)3-4-13(11)42-27-23(36)21(34)19(32)16(8-29)44-27/h3-7,16-17,19-24,27-37H,8-10H2,1-2H3/t16-,17-,19-,20-,21+,22+,23-,24-,27-,28-/m1/s1. The van der Waals surface area contributed by atoms with Crippen molar-refractivity contribution in [3.05, 3.63) is 41.5 Å². The molecule has 2 aromatic carbocycles. The van der Waals surface area contributed by atoms with Crippen molar-refractivity contribution in [1.82, 2.24) is 0 Å². The Balaban J connectivity index is 1.56. The molecular formula is C28H36O17. The molecule has 0 aliphatic carbocycles. The Bertz CT molecular complexity index is 1300. The molecule has 17 heteroatoms. The zero-order chi connectivity index (χ0) is 33.0. The zero-order valence-electron chi connectivity index (χ0n) is 24.1. The Labute approximate surface area is 255 Å². The van der Waals surface area contributed by atoms with E-state index in [1.54, 1.807) is 0 Å². The average molecular weight is 645 g/mol. The van der Waals surface area contributed by atoms with Crippen LogP contribution in [-0.2, 0) is 20.8 Å². The summed E-state index contributed by atoms with van der Waals surface area (Å²) >= 11 is 0. The van der Waals surface area contributed by atoms with Gasteiger partial charge in [-0.05, 0) is 30.3 Å². The molecule has 2 fully saturated rings. The fraction of sp³-hybridized carbons (Fsp3) is 0.536. The quantitative estimate of drug-likeness (QED) is 0.111. The summed E-state index contributed by atoms with van der Waals surface area (Å²) < 4.78 is 38.2. The number of ether oxygens (including phenoxy) is 7. The summed E-state index contributed by atoms with van der Waals surface area (Å²) in [5, 5.41) is 89.9. The summed E-state index contributed by atoms with van der Waals surface area (Å²) in [5.41, 5.74) is -0.203. The van der Waals surface area contributed by atoms with Crippen molar-refractivity contribution >= 4 is 5.97 Å². The third-order valence-corrected chi connectivity index (χ3v) is 7.30. The minimum Gasteiger partial charge on any atom is -0.508 e. The normalized spacial score (nSPS) is 31.6. The Morgan fingerprint density at radius 3 is 1.73 bits per heavy atom. The highest BCUT2D eigenvalue weighted by Gasteiger charge is 2.46. The molecule has 0 spiro atoms. The van der Waals surface area contributed by atoms with Crippen LogP contribution in [-0.4, -0.2) is 141 Å². The van der Waals surface area contributed by atoms with Gasteiger partial charge < -0.3 is 79.1 Å².